The quantitative estimate of drug-likeness (QED) is 0.596. The number of carbonyl (C=O) groups is 2. The van der Waals surface area contributed by atoms with Gasteiger partial charge < -0.3 is 25.0 Å². The number of benzene rings is 2. The minimum Gasteiger partial charge on any atom is -0.493 e. The van der Waals surface area contributed by atoms with Crippen molar-refractivity contribution >= 4 is 35.2 Å². The molecule has 8 heteroatoms. The molecule has 0 aliphatic heterocycles. The third-order valence-corrected chi connectivity index (χ3v) is 4.30. The average molecular weight is 432 g/mol. The van der Waals surface area contributed by atoms with Gasteiger partial charge in [-0.25, -0.2) is 0 Å². The first-order chi connectivity index (χ1) is 14.3. The number of nitrogens with one attached hydrogen (secondary N) is 2. The van der Waals surface area contributed by atoms with Crippen LogP contribution < -0.4 is 20.1 Å². The second-order valence-electron chi connectivity index (χ2n) is 6.78. The Morgan fingerprint density at radius 3 is 2.57 bits per heavy atom. The zero-order valence-electron chi connectivity index (χ0n) is 17.5. The minimum atomic E-state index is -0.261. The maximum absolute atomic E-state index is 12.2. The Hall–Kier alpha value is -3.03. The van der Waals surface area contributed by atoms with Gasteiger partial charge in [-0.1, -0.05) is 23.7 Å². The van der Waals surface area contributed by atoms with Gasteiger partial charge in [-0.15, -0.1) is 0 Å². The average Bonchev–Trinajstić information content (AvgIpc) is 2.69. The Balaban J connectivity index is 1.96. The van der Waals surface area contributed by atoms with Crippen LogP contribution in [0.3, 0.4) is 0 Å². The summed E-state index contributed by atoms with van der Waals surface area (Å²) in [6, 6.07) is 10.8. The summed E-state index contributed by atoms with van der Waals surface area (Å²) < 4.78 is 10.5. The van der Waals surface area contributed by atoms with E-state index >= 15 is 0 Å². The Labute approximate surface area is 181 Å². The lowest BCUT2D eigenvalue weighted by molar-refractivity contribution is -0.117. The lowest BCUT2D eigenvalue weighted by Crippen LogP contribution is -2.27. The smallest absolute Gasteiger partial charge is 0.244 e. The van der Waals surface area contributed by atoms with Crippen LogP contribution in [0.4, 0.5) is 5.69 Å². The predicted molar refractivity (Wildman–Crippen MR) is 119 cm³/mol. The maximum Gasteiger partial charge on any atom is 0.244 e. The molecule has 0 spiro atoms. The van der Waals surface area contributed by atoms with Gasteiger partial charge in [0.25, 0.3) is 0 Å². The van der Waals surface area contributed by atoms with Gasteiger partial charge in [0.15, 0.2) is 11.5 Å². The van der Waals surface area contributed by atoms with Crippen LogP contribution in [-0.2, 0) is 16.1 Å². The summed E-state index contributed by atoms with van der Waals surface area (Å²) >= 11 is 6.18. The highest BCUT2D eigenvalue weighted by atomic mass is 35.5. The number of methoxy groups -OCH3 is 2. The number of halogens is 1. The number of rotatable bonds is 9. The molecular formula is C22H26ClN3O4. The molecule has 2 aromatic rings. The first kappa shape index (κ1) is 23.3. The zero-order valence-corrected chi connectivity index (χ0v) is 18.2. The van der Waals surface area contributed by atoms with Crippen molar-refractivity contribution in [2.24, 2.45) is 0 Å². The van der Waals surface area contributed by atoms with Crippen LogP contribution in [0, 0.1) is 0 Å². The topological polar surface area (TPSA) is 79.9 Å². The van der Waals surface area contributed by atoms with Gasteiger partial charge in [0.05, 0.1) is 25.8 Å². The van der Waals surface area contributed by atoms with Crippen LogP contribution in [0.2, 0.25) is 5.02 Å². The molecule has 0 aromatic heterocycles. The fourth-order valence-electron chi connectivity index (χ4n) is 2.70. The van der Waals surface area contributed by atoms with Crippen LogP contribution in [0.1, 0.15) is 11.1 Å². The molecule has 0 atom stereocenters. The fraction of sp³-hybridized carbons (Fsp3) is 0.273. The molecule has 0 aliphatic carbocycles. The summed E-state index contributed by atoms with van der Waals surface area (Å²) in [4.78, 5) is 25.8. The van der Waals surface area contributed by atoms with Gasteiger partial charge in [0, 0.05) is 18.3 Å². The van der Waals surface area contributed by atoms with Gasteiger partial charge in [0.1, 0.15) is 0 Å². The highest BCUT2D eigenvalue weighted by Crippen LogP contribution is 2.36. The standard InChI is InChI=1S/C22H26ClN3O4/c1-26(2)14-21(28)25-17-7-5-6-16(10-17)13-24-20(27)9-8-15-11-18(23)22(30-4)19(12-15)29-3/h5-12H,13-14H2,1-4H3,(H,24,27)(H,25,28)/b9-8+. The van der Waals surface area contributed by atoms with Crippen molar-refractivity contribution < 1.29 is 19.1 Å². The summed E-state index contributed by atoms with van der Waals surface area (Å²) in [5, 5.41) is 6.04. The van der Waals surface area contributed by atoms with E-state index in [-0.39, 0.29) is 11.8 Å². The molecule has 7 nitrogen and oxygen atoms in total. The van der Waals surface area contributed by atoms with Gasteiger partial charge >= 0.3 is 0 Å². The molecule has 2 N–H and O–H groups in total. The van der Waals surface area contributed by atoms with Crippen molar-refractivity contribution in [3.63, 3.8) is 0 Å². The molecule has 2 aromatic carbocycles. The van der Waals surface area contributed by atoms with E-state index in [1.165, 1.54) is 20.3 Å². The van der Waals surface area contributed by atoms with Crippen molar-refractivity contribution in [1.82, 2.24) is 10.2 Å². The fourth-order valence-corrected chi connectivity index (χ4v) is 3.00. The summed E-state index contributed by atoms with van der Waals surface area (Å²) in [5.74, 6) is 0.567. The molecule has 160 valence electrons. The minimum absolute atomic E-state index is 0.0994. The number of ether oxygens (including phenoxy) is 2. The summed E-state index contributed by atoms with van der Waals surface area (Å²) in [6.45, 7) is 0.624. The third-order valence-electron chi connectivity index (χ3n) is 4.02. The van der Waals surface area contributed by atoms with E-state index < -0.39 is 0 Å². The van der Waals surface area contributed by atoms with E-state index in [0.29, 0.717) is 40.9 Å². The molecular weight excluding hydrogens is 406 g/mol. The van der Waals surface area contributed by atoms with Crippen molar-refractivity contribution in [2.75, 3.05) is 40.2 Å². The monoisotopic (exact) mass is 431 g/mol. The Morgan fingerprint density at radius 1 is 1.13 bits per heavy atom. The first-order valence-corrected chi connectivity index (χ1v) is 9.61. The highest BCUT2D eigenvalue weighted by Gasteiger charge is 2.10. The Kier molecular flexibility index (Phi) is 8.70. The molecule has 0 unspecified atom stereocenters. The number of hydrogen-bond acceptors (Lipinski definition) is 5. The molecule has 30 heavy (non-hydrogen) atoms. The van der Waals surface area contributed by atoms with Gasteiger partial charge in [0.2, 0.25) is 11.8 Å². The van der Waals surface area contributed by atoms with Gasteiger partial charge in [-0.2, -0.15) is 0 Å². The van der Waals surface area contributed by atoms with E-state index in [1.807, 2.05) is 32.3 Å². The molecule has 0 fully saturated rings. The second-order valence-corrected chi connectivity index (χ2v) is 7.18. The first-order valence-electron chi connectivity index (χ1n) is 9.23. The number of carbonyl (C=O) groups excluding carboxylic acids is 2. The van der Waals surface area contributed by atoms with Crippen LogP contribution >= 0.6 is 11.6 Å². The van der Waals surface area contributed by atoms with Crippen molar-refractivity contribution in [2.45, 2.75) is 6.54 Å². The molecule has 0 heterocycles. The lowest BCUT2D eigenvalue weighted by Gasteiger charge is -2.11. The third kappa shape index (κ3) is 7.09. The Morgan fingerprint density at radius 2 is 1.90 bits per heavy atom. The molecule has 0 radical (unpaired) electrons. The van der Waals surface area contributed by atoms with E-state index in [4.69, 9.17) is 21.1 Å². The number of nitrogens with zero attached hydrogens (tertiary/aromatic N) is 1. The number of amides is 2. The van der Waals surface area contributed by atoms with Crippen molar-refractivity contribution in [3.8, 4) is 11.5 Å². The largest absolute Gasteiger partial charge is 0.493 e. The molecule has 2 amide bonds. The maximum atomic E-state index is 12.2. The predicted octanol–water partition coefficient (Wildman–Crippen LogP) is 3.19. The van der Waals surface area contributed by atoms with Gasteiger partial charge in [-0.05, 0) is 55.6 Å². The van der Waals surface area contributed by atoms with E-state index in [0.717, 1.165) is 5.56 Å². The molecule has 0 saturated heterocycles. The summed E-state index contributed by atoms with van der Waals surface area (Å²) in [5.41, 5.74) is 2.26. The van der Waals surface area contributed by atoms with Crippen LogP contribution in [0.25, 0.3) is 6.08 Å². The highest BCUT2D eigenvalue weighted by molar-refractivity contribution is 6.32. The summed E-state index contributed by atoms with van der Waals surface area (Å²) in [7, 11) is 6.69. The summed E-state index contributed by atoms with van der Waals surface area (Å²) in [6.07, 6.45) is 3.06. The van der Waals surface area contributed by atoms with Gasteiger partial charge in [-0.3, -0.25) is 9.59 Å². The van der Waals surface area contributed by atoms with Crippen molar-refractivity contribution in [1.29, 1.82) is 0 Å². The second kappa shape index (κ2) is 11.2. The van der Waals surface area contributed by atoms with E-state index in [9.17, 15) is 9.59 Å². The Bertz CT molecular complexity index is 929. The molecule has 0 saturated carbocycles. The van der Waals surface area contributed by atoms with E-state index in [2.05, 4.69) is 10.6 Å². The van der Waals surface area contributed by atoms with E-state index in [1.54, 1.807) is 29.2 Å². The number of likely N-dealkylation sites (N-methyl/N-ethyl adjacent to an activating group) is 1. The number of anilines is 1. The van der Waals surface area contributed by atoms with Crippen LogP contribution in [0.5, 0.6) is 11.5 Å². The van der Waals surface area contributed by atoms with Crippen LogP contribution in [0.15, 0.2) is 42.5 Å². The zero-order chi connectivity index (χ0) is 22.1. The lowest BCUT2D eigenvalue weighted by atomic mass is 10.1. The molecule has 2 rings (SSSR count). The molecule has 0 bridgehead atoms. The molecule has 0 aliphatic rings. The normalized spacial score (nSPS) is 10.9. The van der Waals surface area contributed by atoms with Crippen LogP contribution in [-0.4, -0.2) is 51.6 Å². The SMILES string of the molecule is COc1cc(/C=C/C(=O)NCc2cccc(NC(=O)CN(C)C)c2)cc(Cl)c1OC. The van der Waals surface area contributed by atoms with Crippen molar-refractivity contribution in [3.05, 3.63) is 58.6 Å². The number of hydrogen-bond donors (Lipinski definition) is 2.